The van der Waals surface area contributed by atoms with E-state index in [-0.39, 0.29) is 47.9 Å². The number of esters is 1. The van der Waals surface area contributed by atoms with Crippen LogP contribution in [0.1, 0.15) is 32.3 Å². The Kier molecular flexibility index (Phi) is 6.26. The van der Waals surface area contributed by atoms with Crippen LogP contribution in [0.25, 0.3) is 0 Å². The highest BCUT2D eigenvalue weighted by Crippen LogP contribution is 2.32. The van der Waals surface area contributed by atoms with Crippen molar-refractivity contribution in [2.75, 3.05) is 29.8 Å². The Morgan fingerprint density at radius 3 is 2.37 bits per heavy atom. The minimum atomic E-state index is -3.82. The fourth-order valence-electron chi connectivity index (χ4n) is 3.87. The molecule has 0 spiro atoms. The third-order valence-corrected chi connectivity index (χ3v) is 9.37. The number of amides is 1. The van der Waals surface area contributed by atoms with Crippen molar-refractivity contribution in [3.63, 3.8) is 0 Å². The highest BCUT2D eigenvalue weighted by Gasteiger charge is 2.42. The molecule has 1 aromatic rings. The number of nitrogens with zero attached hydrogens (tertiary/aromatic N) is 2. The molecule has 1 unspecified atom stereocenters. The summed E-state index contributed by atoms with van der Waals surface area (Å²) in [6.07, 6.45) is 0.765. The predicted octanol–water partition coefficient (Wildman–Crippen LogP) is 1.27. The average Bonchev–Trinajstić information content (AvgIpc) is 2.88. The lowest BCUT2D eigenvalue weighted by Crippen LogP contribution is -2.40. The Morgan fingerprint density at radius 1 is 1.23 bits per heavy atom. The van der Waals surface area contributed by atoms with Gasteiger partial charge in [0.15, 0.2) is 0 Å². The number of carbonyl (C=O) groups is 2. The molecule has 0 saturated carbocycles. The number of hydrogen-bond acceptors (Lipinski definition) is 7. The summed E-state index contributed by atoms with van der Waals surface area (Å²) < 4.78 is 57.9. The first-order valence-electron chi connectivity index (χ1n) is 9.83. The maximum atomic E-state index is 13.1. The van der Waals surface area contributed by atoms with Crippen molar-refractivity contribution in [1.29, 1.82) is 0 Å². The Balaban J connectivity index is 1.81. The van der Waals surface area contributed by atoms with Gasteiger partial charge in [0.1, 0.15) is 0 Å². The molecule has 1 amide bonds. The van der Waals surface area contributed by atoms with Gasteiger partial charge >= 0.3 is 5.97 Å². The van der Waals surface area contributed by atoms with Crippen LogP contribution in [0.3, 0.4) is 0 Å². The molecular weight excluding hydrogens is 432 g/mol. The van der Waals surface area contributed by atoms with E-state index >= 15 is 0 Å². The first kappa shape index (κ1) is 22.7. The number of aryl methyl sites for hydroxylation is 1. The Labute approximate surface area is 177 Å². The van der Waals surface area contributed by atoms with Crippen LogP contribution in [0.4, 0.5) is 5.69 Å². The predicted molar refractivity (Wildman–Crippen MR) is 110 cm³/mol. The average molecular weight is 459 g/mol. The van der Waals surface area contributed by atoms with E-state index in [0.717, 1.165) is 4.31 Å². The van der Waals surface area contributed by atoms with Crippen LogP contribution in [-0.4, -0.2) is 58.5 Å². The smallest absolute Gasteiger partial charge is 0.309 e. The highest BCUT2D eigenvalue weighted by molar-refractivity contribution is 7.94. The molecule has 3 rings (SSSR count). The first-order chi connectivity index (χ1) is 14.0. The van der Waals surface area contributed by atoms with Gasteiger partial charge in [-0.2, -0.15) is 4.31 Å². The molecule has 30 heavy (non-hydrogen) atoms. The van der Waals surface area contributed by atoms with E-state index in [0.29, 0.717) is 18.4 Å². The molecule has 9 nitrogen and oxygen atoms in total. The molecule has 2 fully saturated rings. The molecule has 0 aliphatic carbocycles. The van der Waals surface area contributed by atoms with E-state index in [1.54, 1.807) is 20.8 Å². The molecule has 0 radical (unpaired) electrons. The summed E-state index contributed by atoms with van der Waals surface area (Å²) in [5.41, 5.74) is 0.490. The van der Waals surface area contributed by atoms with E-state index in [9.17, 15) is 26.4 Å². The molecule has 166 valence electrons. The van der Waals surface area contributed by atoms with Crippen molar-refractivity contribution < 1.29 is 31.2 Å². The molecule has 0 N–H and O–H groups in total. The third kappa shape index (κ3) is 4.10. The SMILES string of the molecule is CCOC(=O)C1CCN(S(=O)(=O)c2ccc(N3C(=O)C(C)CS3(=O)=O)cc2C)CC1. The number of sulfonamides is 2. The van der Waals surface area contributed by atoms with E-state index < -0.39 is 31.9 Å². The minimum Gasteiger partial charge on any atom is -0.466 e. The molecule has 1 atom stereocenters. The second kappa shape index (κ2) is 8.27. The summed E-state index contributed by atoms with van der Waals surface area (Å²) in [6.45, 7) is 5.53. The normalized spacial score (nSPS) is 23.0. The van der Waals surface area contributed by atoms with Crippen LogP contribution >= 0.6 is 0 Å². The number of anilines is 1. The fourth-order valence-corrected chi connectivity index (χ4v) is 7.36. The number of piperidine rings is 1. The number of benzene rings is 1. The van der Waals surface area contributed by atoms with Crippen LogP contribution in [-0.2, 0) is 34.4 Å². The van der Waals surface area contributed by atoms with Crippen molar-refractivity contribution in [3.05, 3.63) is 23.8 Å². The maximum absolute atomic E-state index is 13.1. The summed E-state index contributed by atoms with van der Waals surface area (Å²) >= 11 is 0. The summed E-state index contributed by atoms with van der Waals surface area (Å²) in [4.78, 5) is 24.2. The second-order valence-electron chi connectivity index (χ2n) is 7.66. The Morgan fingerprint density at radius 2 is 1.87 bits per heavy atom. The van der Waals surface area contributed by atoms with E-state index in [1.807, 2.05) is 0 Å². The molecule has 2 aliphatic heterocycles. The van der Waals surface area contributed by atoms with E-state index in [1.165, 1.54) is 22.5 Å². The molecule has 0 bridgehead atoms. The molecular formula is C19H26N2O7S2. The summed E-state index contributed by atoms with van der Waals surface area (Å²) in [6, 6.07) is 4.09. The van der Waals surface area contributed by atoms with Crippen molar-refractivity contribution >= 4 is 37.6 Å². The minimum absolute atomic E-state index is 0.0536. The zero-order valence-electron chi connectivity index (χ0n) is 17.2. The first-order valence-corrected chi connectivity index (χ1v) is 12.9. The second-order valence-corrected chi connectivity index (χ2v) is 11.4. The van der Waals surface area contributed by atoms with Gasteiger partial charge in [0, 0.05) is 13.1 Å². The zero-order chi connectivity index (χ0) is 22.3. The van der Waals surface area contributed by atoms with E-state index in [4.69, 9.17) is 4.74 Å². The lowest BCUT2D eigenvalue weighted by molar-refractivity contribution is -0.149. The van der Waals surface area contributed by atoms with Crippen molar-refractivity contribution in [2.45, 2.75) is 38.5 Å². The monoisotopic (exact) mass is 458 g/mol. The van der Waals surface area contributed by atoms with Gasteiger partial charge in [0.05, 0.1) is 34.8 Å². The zero-order valence-corrected chi connectivity index (χ0v) is 18.8. The van der Waals surface area contributed by atoms with Gasteiger partial charge in [-0.05, 0) is 50.5 Å². The number of carbonyl (C=O) groups excluding carboxylic acids is 2. The molecule has 1 aromatic carbocycles. The Hall–Kier alpha value is -1.98. The topological polar surface area (TPSA) is 118 Å². The van der Waals surface area contributed by atoms with Crippen molar-refractivity contribution in [2.24, 2.45) is 11.8 Å². The van der Waals surface area contributed by atoms with Gasteiger partial charge in [-0.3, -0.25) is 9.59 Å². The van der Waals surface area contributed by atoms with Crippen LogP contribution in [0.15, 0.2) is 23.1 Å². The molecule has 2 heterocycles. The number of ether oxygens (including phenoxy) is 1. The molecule has 11 heteroatoms. The number of hydrogen-bond donors (Lipinski definition) is 0. The Bertz CT molecular complexity index is 1060. The molecule has 2 saturated heterocycles. The van der Waals surface area contributed by atoms with E-state index in [2.05, 4.69) is 0 Å². The van der Waals surface area contributed by atoms with Gasteiger partial charge in [0.2, 0.25) is 26.0 Å². The quantitative estimate of drug-likeness (QED) is 0.610. The van der Waals surface area contributed by atoms with Crippen LogP contribution in [0.5, 0.6) is 0 Å². The van der Waals surface area contributed by atoms with Gasteiger partial charge in [0.25, 0.3) is 0 Å². The van der Waals surface area contributed by atoms with Crippen LogP contribution in [0, 0.1) is 18.8 Å². The molecule has 0 aromatic heterocycles. The number of rotatable bonds is 5. The maximum Gasteiger partial charge on any atom is 0.309 e. The van der Waals surface area contributed by atoms with Gasteiger partial charge in [-0.1, -0.05) is 6.92 Å². The van der Waals surface area contributed by atoms with Crippen LogP contribution < -0.4 is 4.31 Å². The summed E-state index contributed by atoms with van der Waals surface area (Å²) in [5, 5.41) is 0. The third-order valence-electron chi connectivity index (χ3n) is 5.45. The van der Waals surface area contributed by atoms with Gasteiger partial charge < -0.3 is 4.74 Å². The standard InChI is InChI=1S/C19H26N2O7S2/c1-4-28-19(23)15-7-9-20(10-8-15)30(26,27)17-6-5-16(11-13(17)2)21-18(22)14(3)12-29(21,24)25/h5-6,11,14-15H,4,7-10,12H2,1-3H3. The molecule has 2 aliphatic rings. The fraction of sp³-hybridized carbons (Fsp3) is 0.579. The summed E-state index contributed by atoms with van der Waals surface area (Å²) in [7, 11) is -7.58. The van der Waals surface area contributed by atoms with Crippen molar-refractivity contribution in [1.82, 2.24) is 4.31 Å². The largest absolute Gasteiger partial charge is 0.466 e. The lowest BCUT2D eigenvalue weighted by atomic mass is 9.98. The van der Waals surface area contributed by atoms with Crippen LogP contribution in [0.2, 0.25) is 0 Å². The van der Waals surface area contributed by atoms with Crippen molar-refractivity contribution in [3.8, 4) is 0 Å². The van der Waals surface area contributed by atoms with Gasteiger partial charge in [-0.15, -0.1) is 0 Å². The van der Waals surface area contributed by atoms with Gasteiger partial charge in [-0.25, -0.2) is 21.1 Å². The summed E-state index contributed by atoms with van der Waals surface area (Å²) in [5.74, 6) is -2.04. The highest BCUT2D eigenvalue weighted by atomic mass is 32.2. The lowest BCUT2D eigenvalue weighted by Gasteiger charge is -2.30.